The van der Waals surface area contributed by atoms with E-state index in [2.05, 4.69) is 70.4 Å². The third kappa shape index (κ3) is 14.0. The van der Waals surface area contributed by atoms with Gasteiger partial charge in [-0.05, 0) is 128 Å². The van der Waals surface area contributed by atoms with Crippen LogP contribution in [-0.4, -0.2) is 176 Å². The van der Waals surface area contributed by atoms with Crippen molar-refractivity contribution in [2.24, 2.45) is 0 Å². The van der Waals surface area contributed by atoms with E-state index in [1.54, 1.807) is 48.3 Å². The molecule has 25 heteroatoms. The zero-order valence-electron chi connectivity index (χ0n) is 45.6. The van der Waals surface area contributed by atoms with Crippen LogP contribution >= 0.6 is 0 Å². The highest BCUT2D eigenvalue weighted by atomic mass is 19.3. The predicted molar refractivity (Wildman–Crippen MR) is 292 cm³/mol. The smallest absolute Gasteiger partial charge is 0.376 e. The number of hydrogen-bond acceptors (Lipinski definition) is 17. The minimum atomic E-state index is -3.96. The molecule has 5 aliphatic rings. The average Bonchev–Trinajstić information content (AvgIpc) is 4.40. The van der Waals surface area contributed by atoms with E-state index in [1.807, 2.05) is 0 Å². The quantitative estimate of drug-likeness (QED) is 0.0586. The number of fused-ring (bicyclic) bond motifs is 1. The summed E-state index contributed by atoms with van der Waals surface area (Å²) in [5, 5.41) is 24.4. The molecule has 0 bridgehead atoms. The molecule has 3 amide bonds. The third-order valence-electron chi connectivity index (χ3n) is 15.4. The number of methoxy groups -OCH3 is 2. The number of hydrogen-bond donors (Lipinski definition) is 6. The first-order valence-corrected chi connectivity index (χ1v) is 26.9. The number of anilines is 8. The van der Waals surface area contributed by atoms with Gasteiger partial charge in [-0.2, -0.15) is 27.5 Å². The molecule has 6 N–H and O–H groups in total. The van der Waals surface area contributed by atoms with Gasteiger partial charge in [0.15, 0.2) is 11.6 Å². The molecule has 2 aromatic heterocycles. The Morgan fingerprint density at radius 2 is 1.23 bits per heavy atom. The normalized spacial score (nSPS) is 18.7. The van der Waals surface area contributed by atoms with Gasteiger partial charge in [0, 0.05) is 49.4 Å². The van der Waals surface area contributed by atoms with Crippen molar-refractivity contribution in [2.75, 3.05) is 112 Å². The van der Waals surface area contributed by atoms with Gasteiger partial charge in [-0.1, -0.05) is 25.7 Å². The van der Waals surface area contributed by atoms with Crippen molar-refractivity contribution in [3.8, 4) is 11.5 Å². The summed E-state index contributed by atoms with van der Waals surface area (Å²) in [4.78, 5) is 75.6. The number of benzene rings is 2. The standard InChI is InChI=1S/C27H37F2N7O4.C27H35F2N7O3/c1-30-21-15-31-26(34-23(21)36(19-6-4-5-7-19)16-27(28,29)25(38)39)33-20-9-8-17(14-22(20)40-3)24(37)32-18-10-12-35(2)13-11-18;1-34-12-10-18(11-13-34)31-24(37)17-8-9-20(22(14-17)39-3)32-26-30-15-21-23(33-26)36(19-6-4-5-7-19)16-27(28,29)25(38)35(21)2/h8-9,14-15,18-19,30H,4-7,10-13,16H2,1-3H3,(H,32,37)(H,38,39)(H,31,33,34);8-9,14-15,18-19H,4-7,10-13,16H2,1-3H3,(H,31,37)(H,30,32,33). The number of carboxylic acids is 1. The fourth-order valence-electron chi connectivity index (χ4n) is 10.8. The highest BCUT2D eigenvalue weighted by Gasteiger charge is 2.49. The van der Waals surface area contributed by atoms with E-state index in [0.29, 0.717) is 58.3 Å². The molecule has 0 unspecified atom stereocenters. The second kappa shape index (κ2) is 25.2. The molecular weight excluding hydrogens is 1030 g/mol. The first-order valence-electron chi connectivity index (χ1n) is 26.9. The van der Waals surface area contributed by atoms with Gasteiger partial charge in [0.1, 0.15) is 17.2 Å². The van der Waals surface area contributed by atoms with E-state index >= 15 is 0 Å². The number of ether oxygens (including phenoxy) is 2. The summed E-state index contributed by atoms with van der Waals surface area (Å²) in [6.07, 6.45) is 12.9. The number of amides is 3. The molecule has 9 rings (SSSR count). The zero-order chi connectivity index (χ0) is 56.6. The summed E-state index contributed by atoms with van der Waals surface area (Å²) < 4.78 is 69.6. The second-order valence-corrected chi connectivity index (χ2v) is 21.0. The molecule has 428 valence electrons. The molecule has 0 radical (unpaired) electrons. The molecule has 2 saturated heterocycles. The number of rotatable bonds is 17. The van der Waals surface area contributed by atoms with Gasteiger partial charge in [-0.25, -0.2) is 14.8 Å². The first kappa shape index (κ1) is 57.9. The second-order valence-electron chi connectivity index (χ2n) is 21.0. The number of aromatic nitrogens is 4. The molecule has 21 nitrogen and oxygen atoms in total. The molecule has 2 aromatic carbocycles. The maximum Gasteiger partial charge on any atom is 0.376 e. The lowest BCUT2D eigenvalue weighted by molar-refractivity contribution is -0.163. The van der Waals surface area contributed by atoms with Gasteiger partial charge in [-0.3, -0.25) is 14.4 Å². The minimum Gasteiger partial charge on any atom is -0.495 e. The van der Waals surface area contributed by atoms with Gasteiger partial charge >= 0.3 is 17.8 Å². The maximum absolute atomic E-state index is 14.8. The Morgan fingerprint density at radius 3 is 1.72 bits per heavy atom. The van der Waals surface area contributed by atoms with Crippen LogP contribution in [0, 0.1) is 0 Å². The van der Waals surface area contributed by atoms with Crippen LogP contribution in [0.25, 0.3) is 0 Å². The Morgan fingerprint density at radius 1 is 0.734 bits per heavy atom. The number of carbonyl (C=O) groups excluding carboxylic acids is 3. The number of nitrogens with one attached hydrogen (secondary N) is 5. The number of carboxylic acid groups (broad SMARTS) is 1. The van der Waals surface area contributed by atoms with Gasteiger partial charge in [0.2, 0.25) is 11.9 Å². The van der Waals surface area contributed by atoms with Crippen LogP contribution < -0.4 is 50.8 Å². The van der Waals surface area contributed by atoms with Crippen molar-refractivity contribution in [1.29, 1.82) is 0 Å². The van der Waals surface area contributed by atoms with Crippen molar-refractivity contribution in [3.63, 3.8) is 0 Å². The Labute approximate surface area is 457 Å². The van der Waals surface area contributed by atoms with E-state index in [-0.39, 0.29) is 59.4 Å². The summed E-state index contributed by atoms with van der Waals surface area (Å²) in [6, 6.07) is 9.83. The third-order valence-corrected chi connectivity index (χ3v) is 15.4. The molecule has 4 aromatic rings. The highest BCUT2D eigenvalue weighted by molar-refractivity contribution is 6.02. The predicted octanol–water partition coefficient (Wildman–Crippen LogP) is 6.98. The van der Waals surface area contributed by atoms with Crippen LogP contribution in [0.15, 0.2) is 48.8 Å². The highest BCUT2D eigenvalue weighted by Crippen LogP contribution is 2.41. The van der Waals surface area contributed by atoms with Crippen LogP contribution in [0.4, 0.5) is 63.8 Å². The summed E-state index contributed by atoms with van der Waals surface area (Å²) >= 11 is 0. The number of likely N-dealkylation sites (tertiary alicyclic amines) is 2. The largest absolute Gasteiger partial charge is 0.495 e. The van der Waals surface area contributed by atoms with Crippen LogP contribution in [0.1, 0.15) is 97.8 Å². The lowest BCUT2D eigenvalue weighted by Gasteiger charge is -2.33. The molecule has 2 aliphatic carbocycles. The van der Waals surface area contributed by atoms with Crippen molar-refractivity contribution >= 4 is 70.0 Å². The summed E-state index contributed by atoms with van der Waals surface area (Å²) in [5.74, 6) is -9.77. The molecular formula is C54H72F4N14O7. The summed E-state index contributed by atoms with van der Waals surface area (Å²) in [7, 11) is 10.1. The van der Waals surface area contributed by atoms with Crippen molar-refractivity contribution < 1.29 is 51.3 Å². The number of nitrogens with zero attached hydrogens (tertiary/aromatic N) is 9. The van der Waals surface area contributed by atoms with Crippen molar-refractivity contribution in [2.45, 2.75) is 113 Å². The number of alkyl halides is 4. The number of halogens is 4. The fourth-order valence-corrected chi connectivity index (χ4v) is 10.8. The Balaban J connectivity index is 0.000000208. The summed E-state index contributed by atoms with van der Waals surface area (Å²) in [6.45, 7) is 2.00. The minimum absolute atomic E-state index is 0.109. The number of aliphatic carboxylic acids is 1. The van der Waals surface area contributed by atoms with Crippen molar-refractivity contribution in [1.82, 2.24) is 40.4 Å². The monoisotopic (exact) mass is 1100 g/mol. The Kier molecular flexibility index (Phi) is 18.5. The van der Waals surface area contributed by atoms with Gasteiger partial charge in [0.05, 0.1) is 56.8 Å². The number of carbonyl (C=O) groups is 4. The van der Waals surface area contributed by atoms with Crippen molar-refractivity contribution in [3.05, 3.63) is 59.9 Å². The fraction of sp³-hybridized carbons (Fsp3) is 0.556. The number of piperidine rings is 2. The Hall–Kier alpha value is -7.28. The molecule has 5 heterocycles. The van der Waals surface area contributed by atoms with Crippen LogP contribution in [-0.2, 0) is 9.59 Å². The van der Waals surface area contributed by atoms with E-state index < -0.39 is 36.8 Å². The SMILES string of the molecule is CNc1cnc(Nc2ccc(C(=O)NC3CCN(C)CC3)cc2OC)nc1N(CC(F)(F)C(=O)O)C1CCCC1.COc1cc(C(=O)NC2CCN(C)CC2)ccc1Nc1ncc2c(n1)N(C1CCCC1)CC(F)(F)C(=O)N2C. The molecule has 3 aliphatic heterocycles. The molecule has 0 spiro atoms. The van der Waals surface area contributed by atoms with Crippen LogP contribution in [0.3, 0.4) is 0 Å². The van der Waals surface area contributed by atoms with Gasteiger partial charge < -0.3 is 65.7 Å². The molecule has 0 atom stereocenters. The van der Waals surface area contributed by atoms with E-state index in [9.17, 15) is 36.7 Å². The van der Waals surface area contributed by atoms with Gasteiger partial charge in [0.25, 0.3) is 17.7 Å². The maximum atomic E-state index is 14.8. The van der Waals surface area contributed by atoms with Crippen LogP contribution in [0.2, 0.25) is 0 Å². The molecule has 2 saturated carbocycles. The van der Waals surface area contributed by atoms with E-state index in [4.69, 9.17) is 14.6 Å². The zero-order valence-corrected chi connectivity index (χ0v) is 45.6. The lowest BCUT2D eigenvalue weighted by atomic mass is 10.0. The van der Waals surface area contributed by atoms with E-state index in [1.165, 1.54) is 38.6 Å². The van der Waals surface area contributed by atoms with Crippen LogP contribution in [0.5, 0.6) is 11.5 Å². The molecule has 4 fully saturated rings. The first-order chi connectivity index (χ1) is 37.8. The molecule has 79 heavy (non-hydrogen) atoms. The lowest BCUT2D eigenvalue weighted by Crippen LogP contribution is -2.48. The average molecular weight is 1110 g/mol. The van der Waals surface area contributed by atoms with E-state index in [0.717, 1.165) is 95.3 Å². The summed E-state index contributed by atoms with van der Waals surface area (Å²) in [5.41, 5.74) is 2.54. The Bertz CT molecular complexity index is 2810. The van der Waals surface area contributed by atoms with Gasteiger partial charge in [-0.15, -0.1) is 0 Å². The topological polar surface area (TPSA) is 235 Å².